The van der Waals surface area contributed by atoms with E-state index in [-0.39, 0.29) is 5.82 Å². The molecule has 0 spiro atoms. The average Bonchev–Trinajstić information content (AvgIpc) is 3.06. The van der Waals surface area contributed by atoms with Gasteiger partial charge in [0.1, 0.15) is 5.82 Å². The van der Waals surface area contributed by atoms with E-state index < -0.39 is 5.82 Å². The summed E-state index contributed by atoms with van der Waals surface area (Å²) in [5, 5.41) is 4.95. The summed E-state index contributed by atoms with van der Waals surface area (Å²) in [6, 6.07) is 14.1. The molecule has 0 saturated heterocycles. The topological polar surface area (TPSA) is 69.1 Å². The molecule has 0 bridgehead atoms. The molecule has 7 heteroatoms. The number of benzene rings is 2. The van der Waals surface area contributed by atoms with Crippen LogP contribution in [0.2, 0.25) is 5.02 Å². The van der Waals surface area contributed by atoms with Gasteiger partial charge in [-0.3, -0.25) is 0 Å². The minimum atomic E-state index is -0.396. The maximum Gasteiger partial charge on any atom is 0.198 e. The number of rotatable bonds is 3. The summed E-state index contributed by atoms with van der Waals surface area (Å²) in [5.74, 6) is 0.459. The third-order valence-electron chi connectivity index (χ3n) is 4.16. The number of hydrogen-bond donors (Lipinski definition) is 1. The number of aryl methyl sites for hydroxylation is 1. The van der Waals surface area contributed by atoms with Crippen LogP contribution in [0.1, 0.15) is 17.1 Å². The third kappa shape index (κ3) is 2.88. The molecule has 2 aromatic carbocycles. The number of nitrogens with zero attached hydrogens (tertiary/aromatic N) is 4. The normalized spacial score (nSPS) is 11.2. The van der Waals surface area contributed by atoms with Crippen molar-refractivity contribution in [3.63, 3.8) is 0 Å². The zero-order chi connectivity index (χ0) is 18.3. The minimum absolute atomic E-state index is 0.220. The van der Waals surface area contributed by atoms with Crippen molar-refractivity contribution in [1.29, 1.82) is 0 Å². The Kier molecular flexibility index (Phi) is 4.05. The molecular weight excluding hydrogens is 353 g/mol. The summed E-state index contributed by atoms with van der Waals surface area (Å²) >= 11 is 6.23. The molecule has 0 amide bonds. The van der Waals surface area contributed by atoms with Crippen molar-refractivity contribution in [1.82, 2.24) is 19.6 Å². The molecule has 130 valence electrons. The number of aromatic nitrogens is 4. The molecule has 0 radical (unpaired) electrons. The minimum Gasteiger partial charge on any atom is -0.381 e. The first-order valence-electron chi connectivity index (χ1n) is 8.04. The van der Waals surface area contributed by atoms with Gasteiger partial charge in [-0.25, -0.2) is 18.9 Å². The molecular formula is C19H15ClFN5. The Labute approximate surface area is 154 Å². The highest BCUT2D eigenvalue weighted by atomic mass is 35.5. The van der Waals surface area contributed by atoms with Crippen LogP contribution in [-0.2, 0) is 6.42 Å². The Morgan fingerprint density at radius 1 is 1.12 bits per heavy atom. The summed E-state index contributed by atoms with van der Waals surface area (Å²) in [6.45, 7) is 1.83. The summed E-state index contributed by atoms with van der Waals surface area (Å²) in [5.41, 5.74) is 9.30. The Bertz CT molecular complexity index is 1110. The average molecular weight is 368 g/mol. The molecule has 0 aliphatic rings. The molecule has 0 aliphatic heterocycles. The van der Waals surface area contributed by atoms with E-state index in [0.29, 0.717) is 39.9 Å². The highest BCUT2D eigenvalue weighted by Crippen LogP contribution is 2.31. The zero-order valence-corrected chi connectivity index (χ0v) is 14.7. The van der Waals surface area contributed by atoms with Crippen LogP contribution in [0, 0.1) is 12.7 Å². The van der Waals surface area contributed by atoms with E-state index in [9.17, 15) is 4.39 Å². The number of nitrogen functional groups attached to an aromatic ring is 1. The number of halogens is 2. The van der Waals surface area contributed by atoms with Gasteiger partial charge in [-0.1, -0.05) is 41.9 Å². The van der Waals surface area contributed by atoms with Crippen LogP contribution in [0.4, 0.5) is 10.2 Å². The quantitative estimate of drug-likeness (QED) is 0.592. The first-order valence-corrected chi connectivity index (χ1v) is 8.42. The van der Waals surface area contributed by atoms with Crippen molar-refractivity contribution < 1.29 is 4.39 Å². The van der Waals surface area contributed by atoms with Crippen LogP contribution in [0.15, 0.2) is 48.5 Å². The van der Waals surface area contributed by atoms with Gasteiger partial charge in [0, 0.05) is 12.0 Å². The summed E-state index contributed by atoms with van der Waals surface area (Å²) in [4.78, 5) is 8.90. The fraction of sp³-hybridized carbons (Fsp3) is 0.105. The molecule has 0 unspecified atom stereocenters. The van der Waals surface area contributed by atoms with Crippen LogP contribution in [0.25, 0.3) is 16.9 Å². The smallest absolute Gasteiger partial charge is 0.198 e. The monoisotopic (exact) mass is 367 g/mol. The maximum absolute atomic E-state index is 13.7. The molecule has 4 aromatic rings. The van der Waals surface area contributed by atoms with Crippen LogP contribution >= 0.6 is 11.6 Å². The molecule has 4 rings (SSSR count). The molecule has 5 nitrogen and oxygen atoms in total. The predicted molar refractivity (Wildman–Crippen MR) is 99.6 cm³/mol. The van der Waals surface area contributed by atoms with E-state index in [1.807, 2.05) is 37.3 Å². The second-order valence-electron chi connectivity index (χ2n) is 5.98. The van der Waals surface area contributed by atoms with Crippen LogP contribution in [0.3, 0.4) is 0 Å². The number of hydrogen-bond acceptors (Lipinski definition) is 4. The van der Waals surface area contributed by atoms with E-state index in [0.717, 1.165) is 5.56 Å². The predicted octanol–water partition coefficient (Wildman–Crippen LogP) is 4.07. The Morgan fingerprint density at radius 3 is 2.65 bits per heavy atom. The van der Waals surface area contributed by atoms with Crippen molar-refractivity contribution in [2.75, 3.05) is 5.73 Å². The van der Waals surface area contributed by atoms with E-state index in [1.54, 1.807) is 4.52 Å². The Morgan fingerprint density at radius 2 is 1.88 bits per heavy atom. The first-order chi connectivity index (χ1) is 12.5. The van der Waals surface area contributed by atoms with Gasteiger partial charge in [0.2, 0.25) is 0 Å². The second kappa shape index (κ2) is 6.38. The van der Waals surface area contributed by atoms with Gasteiger partial charge in [0.05, 0.1) is 16.4 Å². The molecule has 0 aliphatic carbocycles. The summed E-state index contributed by atoms with van der Waals surface area (Å²) in [7, 11) is 0. The molecule has 2 heterocycles. The SMILES string of the molecule is Cc1c(-c2cc(F)ccc2Cl)nc(N)c2nc(Cc3ccccc3)nn12. The van der Waals surface area contributed by atoms with Gasteiger partial charge >= 0.3 is 0 Å². The fourth-order valence-electron chi connectivity index (χ4n) is 2.89. The fourth-order valence-corrected chi connectivity index (χ4v) is 3.10. The van der Waals surface area contributed by atoms with Gasteiger partial charge in [-0.15, -0.1) is 0 Å². The second-order valence-corrected chi connectivity index (χ2v) is 6.39. The lowest BCUT2D eigenvalue weighted by Crippen LogP contribution is -2.05. The third-order valence-corrected chi connectivity index (χ3v) is 4.49. The van der Waals surface area contributed by atoms with Crippen LogP contribution in [-0.4, -0.2) is 19.6 Å². The van der Waals surface area contributed by atoms with Crippen molar-refractivity contribution >= 4 is 23.1 Å². The van der Waals surface area contributed by atoms with Gasteiger partial charge in [0.15, 0.2) is 17.3 Å². The van der Waals surface area contributed by atoms with E-state index >= 15 is 0 Å². The van der Waals surface area contributed by atoms with Crippen molar-refractivity contribution in [3.05, 3.63) is 76.5 Å². The lowest BCUT2D eigenvalue weighted by Gasteiger charge is -2.10. The Hall–Kier alpha value is -2.99. The summed E-state index contributed by atoms with van der Waals surface area (Å²) in [6.07, 6.45) is 0.581. The molecule has 2 N–H and O–H groups in total. The molecule has 0 saturated carbocycles. The highest BCUT2D eigenvalue weighted by molar-refractivity contribution is 6.33. The molecule has 0 fully saturated rings. The number of anilines is 1. The van der Waals surface area contributed by atoms with Gasteiger partial charge in [-0.05, 0) is 30.7 Å². The van der Waals surface area contributed by atoms with Crippen LogP contribution in [0.5, 0.6) is 0 Å². The number of fused-ring (bicyclic) bond motifs is 1. The largest absolute Gasteiger partial charge is 0.381 e. The lowest BCUT2D eigenvalue weighted by molar-refractivity contribution is 0.628. The van der Waals surface area contributed by atoms with Crippen molar-refractivity contribution in [2.24, 2.45) is 0 Å². The van der Waals surface area contributed by atoms with Gasteiger partial charge in [-0.2, -0.15) is 5.10 Å². The van der Waals surface area contributed by atoms with Crippen molar-refractivity contribution in [3.8, 4) is 11.3 Å². The molecule has 2 aromatic heterocycles. The highest BCUT2D eigenvalue weighted by Gasteiger charge is 2.17. The van der Waals surface area contributed by atoms with E-state index in [4.69, 9.17) is 17.3 Å². The number of nitrogens with two attached hydrogens (primary N) is 1. The lowest BCUT2D eigenvalue weighted by atomic mass is 10.1. The van der Waals surface area contributed by atoms with E-state index in [2.05, 4.69) is 15.1 Å². The van der Waals surface area contributed by atoms with E-state index in [1.165, 1.54) is 18.2 Å². The maximum atomic E-state index is 13.7. The zero-order valence-electron chi connectivity index (χ0n) is 13.9. The van der Waals surface area contributed by atoms with Gasteiger partial charge in [0.25, 0.3) is 0 Å². The molecule has 26 heavy (non-hydrogen) atoms. The summed E-state index contributed by atoms with van der Waals surface area (Å²) < 4.78 is 15.3. The van der Waals surface area contributed by atoms with Crippen molar-refractivity contribution in [2.45, 2.75) is 13.3 Å². The van der Waals surface area contributed by atoms with Crippen LogP contribution < -0.4 is 5.73 Å². The standard InChI is InChI=1S/C19H15ClFN5/c1-11-17(14-10-13(21)7-8-15(14)20)24-18(22)19-23-16(25-26(11)19)9-12-5-3-2-4-6-12/h2-8,10H,9H2,1H3,(H2,22,24). The Balaban J connectivity index is 1.85. The first kappa shape index (κ1) is 16.5. The molecule has 0 atom stereocenters. The van der Waals surface area contributed by atoms with Gasteiger partial charge < -0.3 is 5.73 Å².